The Morgan fingerprint density at radius 3 is 2.61 bits per heavy atom. The van der Waals surface area contributed by atoms with Crippen molar-refractivity contribution >= 4 is 18.6 Å². The van der Waals surface area contributed by atoms with Crippen LogP contribution in [-0.4, -0.2) is 53.1 Å². The number of Topliss-reactive ketones (excluding diaryl/α,β-unsaturated/α-hetero) is 1. The second-order valence-electron chi connectivity index (χ2n) is 8.41. The Morgan fingerprint density at radius 2 is 1.93 bits per heavy atom. The highest BCUT2D eigenvalue weighted by molar-refractivity contribution is 6.40. The fraction of sp³-hybridized carbons (Fsp3) is 0.667. The van der Waals surface area contributed by atoms with Crippen LogP contribution in [0.1, 0.15) is 51.0 Å². The van der Waals surface area contributed by atoms with Gasteiger partial charge in [-0.2, -0.15) is 0 Å². The maximum atomic E-state index is 12.4. The minimum absolute atomic E-state index is 0.0545. The highest BCUT2D eigenvalue weighted by atomic mass is 16.4. The van der Waals surface area contributed by atoms with Crippen molar-refractivity contribution < 1.29 is 14.8 Å². The summed E-state index contributed by atoms with van der Waals surface area (Å²) in [5, 5.41) is 22.9. The summed E-state index contributed by atoms with van der Waals surface area (Å²) in [7, 11) is -1.28. The lowest BCUT2D eigenvalue weighted by atomic mass is 9.72. The summed E-state index contributed by atoms with van der Waals surface area (Å²) in [4.78, 5) is 12.4. The van der Waals surface area contributed by atoms with E-state index in [2.05, 4.69) is 34.3 Å². The molecule has 0 spiro atoms. The van der Waals surface area contributed by atoms with Gasteiger partial charge in [0.1, 0.15) is 5.78 Å². The van der Waals surface area contributed by atoms with E-state index in [1.54, 1.807) is 6.92 Å². The van der Waals surface area contributed by atoms with Crippen molar-refractivity contribution in [1.29, 1.82) is 0 Å². The Balaban J connectivity index is 1.59. The SMILES string of the molecule is CC(=O)[C@](N)(CCCCB(O)O)C1CCN(N2CCCc3ccccc32)CC1. The van der Waals surface area contributed by atoms with Crippen LogP contribution in [-0.2, 0) is 11.2 Å². The molecule has 1 fully saturated rings. The first-order chi connectivity index (χ1) is 13.4. The molecule has 3 rings (SSSR count). The molecule has 1 atom stereocenters. The van der Waals surface area contributed by atoms with Crippen LogP contribution >= 0.6 is 0 Å². The van der Waals surface area contributed by atoms with Gasteiger partial charge < -0.3 is 20.8 Å². The van der Waals surface area contributed by atoms with Crippen LogP contribution in [0.2, 0.25) is 6.32 Å². The molecule has 0 unspecified atom stereocenters. The van der Waals surface area contributed by atoms with Gasteiger partial charge in [0, 0.05) is 19.6 Å². The van der Waals surface area contributed by atoms with E-state index in [1.165, 1.54) is 17.7 Å². The highest BCUT2D eigenvalue weighted by Gasteiger charge is 2.41. The molecule has 4 N–H and O–H groups in total. The summed E-state index contributed by atoms with van der Waals surface area (Å²) in [5.41, 5.74) is 8.56. The number of nitrogens with zero attached hydrogens (tertiary/aromatic N) is 2. The molecule has 6 nitrogen and oxygen atoms in total. The molecule has 0 aromatic heterocycles. The van der Waals surface area contributed by atoms with Gasteiger partial charge in [0.15, 0.2) is 0 Å². The number of aryl methyl sites for hydroxylation is 1. The van der Waals surface area contributed by atoms with Crippen LogP contribution in [0.3, 0.4) is 0 Å². The van der Waals surface area contributed by atoms with E-state index in [9.17, 15) is 4.79 Å². The third-order valence-electron chi connectivity index (χ3n) is 6.59. The van der Waals surface area contributed by atoms with E-state index >= 15 is 0 Å². The van der Waals surface area contributed by atoms with E-state index in [0.29, 0.717) is 19.2 Å². The number of rotatable bonds is 8. The lowest BCUT2D eigenvalue weighted by Crippen LogP contribution is -2.58. The molecule has 0 radical (unpaired) electrons. The number of fused-ring (bicyclic) bond motifs is 1. The van der Waals surface area contributed by atoms with Crippen LogP contribution in [0.5, 0.6) is 0 Å². The Kier molecular flexibility index (Phi) is 7.15. The fourth-order valence-corrected chi connectivity index (χ4v) is 4.84. The minimum atomic E-state index is -1.28. The van der Waals surface area contributed by atoms with Crippen LogP contribution in [0.15, 0.2) is 24.3 Å². The van der Waals surface area contributed by atoms with Gasteiger partial charge in [0.2, 0.25) is 0 Å². The quantitative estimate of drug-likeness (QED) is 0.467. The molecule has 0 amide bonds. The van der Waals surface area contributed by atoms with Crippen LogP contribution < -0.4 is 10.7 Å². The number of hydrazine groups is 1. The third kappa shape index (κ3) is 4.77. The van der Waals surface area contributed by atoms with E-state index in [0.717, 1.165) is 45.3 Å². The van der Waals surface area contributed by atoms with Gasteiger partial charge in [-0.3, -0.25) is 4.79 Å². The van der Waals surface area contributed by atoms with Gasteiger partial charge in [-0.1, -0.05) is 31.0 Å². The maximum Gasteiger partial charge on any atom is 0.451 e. The van der Waals surface area contributed by atoms with Crippen molar-refractivity contribution in [3.05, 3.63) is 29.8 Å². The molecule has 7 heteroatoms. The maximum absolute atomic E-state index is 12.4. The van der Waals surface area contributed by atoms with E-state index in [1.807, 2.05) is 0 Å². The molecule has 0 bridgehead atoms. The standard InChI is InChI=1S/C21H34BN3O3/c1-17(26)21(23,12-4-5-13-22(27)28)19-10-15-24(16-11-19)25-14-6-8-18-7-2-3-9-20(18)25/h2-3,7,9,19,27-28H,4-6,8,10-16,23H2,1H3/t21-/m1/s1. The molecule has 0 saturated carbocycles. The summed E-state index contributed by atoms with van der Waals surface area (Å²) < 4.78 is 0. The molecule has 1 aromatic rings. The highest BCUT2D eigenvalue weighted by Crippen LogP contribution is 2.35. The molecular weight excluding hydrogens is 353 g/mol. The van der Waals surface area contributed by atoms with Gasteiger partial charge in [-0.25, -0.2) is 5.01 Å². The number of para-hydroxylation sites is 1. The van der Waals surface area contributed by atoms with Crippen LogP contribution in [0.25, 0.3) is 0 Å². The molecule has 2 aliphatic heterocycles. The predicted octanol–water partition coefficient (Wildman–Crippen LogP) is 2.00. The van der Waals surface area contributed by atoms with E-state index in [-0.39, 0.29) is 11.7 Å². The summed E-state index contributed by atoms with van der Waals surface area (Å²) >= 11 is 0. The first-order valence-corrected chi connectivity index (χ1v) is 10.7. The second kappa shape index (κ2) is 9.40. The zero-order chi connectivity index (χ0) is 20.1. The molecular formula is C21H34BN3O3. The van der Waals surface area contributed by atoms with Crippen molar-refractivity contribution in [2.24, 2.45) is 11.7 Å². The number of hydrogen-bond donors (Lipinski definition) is 3. The number of hydrogen-bond acceptors (Lipinski definition) is 6. The summed E-state index contributed by atoms with van der Waals surface area (Å²) in [6.07, 6.45) is 6.51. The molecule has 1 saturated heterocycles. The Hall–Kier alpha value is -1.41. The third-order valence-corrected chi connectivity index (χ3v) is 6.59. The van der Waals surface area contributed by atoms with Crippen molar-refractivity contribution in [2.75, 3.05) is 24.6 Å². The molecule has 1 aromatic carbocycles. The smallest absolute Gasteiger partial charge is 0.427 e. The van der Waals surface area contributed by atoms with Gasteiger partial charge >= 0.3 is 7.12 Å². The van der Waals surface area contributed by atoms with E-state index in [4.69, 9.17) is 15.8 Å². The number of anilines is 1. The predicted molar refractivity (Wildman–Crippen MR) is 113 cm³/mol. The first-order valence-electron chi connectivity index (χ1n) is 10.7. The summed E-state index contributed by atoms with van der Waals surface area (Å²) in [6, 6.07) is 8.64. The molecule has 0 aliphatic carbocycles. The number of piperidine rings is 1. The minimum Gasteiger partial charge on any atom is -0.427 e. The van der Waals surface area contributed by atoms with Gasteiger partial charge in [0.25, 0.3) is 0 Å². The second-order valence-corrected chi connectivity index (χ2v) is 8.41. The van der Waals surface area contributed by atoms with Gasteiger partial charge in [-0.15, -0.1) is 0 Å². The van der Waals surface area contributed by atoms with Crippen LogP contribution in [0, 0.1) is 5.92 Å². The average Bonchev–Trinajstić information content (AvgIpc) is 2.70. The molecule has 28 heavy (non-hydrogen) atoms. The number of nitrogens with two attached hydrogens (primary N) is 1. The number of unbranched alkanes of at least 4 members (excludes halogenated alkanes) is 1. The molecule has 2 aliphatic rings. The van der Waals surface area contributed by atoms with Crippen molar-refractivity contribution in [2.45, 2.75) is 63.7 Å². The monoisotopic (exact) mass is 387 g/mol. The van der Waals surface area contributed by atoms with Crippen molar-refractivity contribution in [3.8, 4) is 0 Å². The van der Waals surface area contributed by atoms with Gasteiger partial charge in [0.05, 0.1) is 11.2 Å². The average molecular weight is 387 g/mol. The molecule has 2 heterocycles. The lowest BCUT2D eigenvalue weighted by Gasteiger charge is -2.46. The van der Waals surface area contributed by atoms with Crippen LogP contribution in [0.4, 0.5) is 5.69 Å². The van der Waals surface area contributed by atoms with E-state index < -0.39 is 12.7 Å². The topological polar surface area (TPSA) is 90.0 Å². The number of carbonyl (C=O) groups is 1. The Bertz CT molecular complexity index is 664. The number of carbonyl (C=O) groups excluding carboxylic acids is 1. The molecule has 154 valence electrons. The Morgan fingerprint density at radius 1 is 1.21 bits per heavy atom. The lowest BCUT2D eigenvalue weighted by molar-refractivity contribution is -0.125. The summed E-state index contributed by atoms with van der Waals surface area (Å²) in [5.74, 6) is 0.235. The van der Waals surface area contributed by atoms with Crippen molar-refractivity contribution in [3.63, 3.8) is 0 Å². The fourth-order valence-electron chi connectivity index (χ4n) is 4.84. The van der Waals surface area contributed by atoms with Gasteiger partial charge in [-0.05, 0) is 62.9 Å². The number of benzene rings is 1. The summed E-state index contributed by atoms with van der Waals surface area (Å²) in [6.45, 7) is 4.49. The normalized spacial score (nSPS) is 20.5. The Labute approximate surface area is 168 Å². The number of ketones is 1. The first kappa shape index (κ1) is 21.3. The zero-order valence-electron chi connectivity index (χ0n) is 17.0. The largest absolute Gasteiger partial charge is 0.451 e. The van der Waals surface area contributed by atoms with Crippen molar-refractivity contribution in [1.82, 2.24) is 5.01 Å². The zero-order valence-corrected chi connectivity index (χ0v) is 17.0.